The molecule has 0 radical (unpaired) electrons. The van der Waals surface area contributed by atoms with E-state index in [1.807, 2.05) is 60.7 Å². The van der Waals surface area contributed by atoms with Gasteiger partial charge in [0.2, 0.25) is 0 Å². The molecule has 3 N–H and O–H groups in total. The van der Waals surface area contributed by atoms with Crippen LogP contribution in [-0.2, 0) is 4.79 Å². The van der Waals surface area contributed by atoms with E-state index in [2.05, 4.69) is 0 Å². The molecule has 0 saturated carbocycles. The summed E-state index contributed by atoms with van der Waals surface area (Å²) in [5.74, 6) is -0.727. The first kappa shape index (κ1) is 13.9. The molecule has 0 spiro atoms. The molecule has 1 aliphatic rings. The highest BCUT2D eigenvalue weighted by atomic mass is 32.2. The standard InChI is InChI=1S/C17H15NO2S/c18-16(19)17(20)11-14(12-7-3-1-4-8-12)21-15(17)13-9-5-2-6-10-13/h1-11,15,20H,(H2,18,19). The van der Waals surface area contributed by atoms with Crippen LogP contribution >= 0.6 is 11.8 Å². The molecule has 1 heterocycles. The zero-order valence-electron chi connectivity index (χ0n) is 11.3. The first-order valence-electron chi connectivity index (χ1n) is 6.63. The molecule has 2 aromatic carbocycles. The van der Waals surface area contributed by atoms with E-state index in [0.29, 0.717) is 0 Å². The lowest BCUT2D eigenvalue weighted by Gasteiger charge is -2.25. The summed E-state index contributed by atoms with van der Waals surface area (Å²) >= 11 is 1.46. The largest absolute Gasteiger partial charge is 0.375 e. The molecule has 0 aliphatic carbocycles. The lowest BCUT2D eigenvalue weighted by atomic mass is 9.92. The van der Waals surface area contributed by atoms with Gasteiger partial charge in [0.25, 0.3) is 5.91 Å². The number of primary amides is 1. The Morgan fingerprint density at radius 2 is 1.62 bits per heavy atom. The number of carbonyl (C=O) groups excluding carboxylic acids is 1. The SMILES string of the molecule is NC(=O)C1(O)C=C(c2ccccc2)SC1c1ccccc1. The Hall–Kier alpha value is -2.04. The van der Waals surface area contributed by atoms with Crippen molar-refractivity contribution in [2.75, 3.05) is 0 Å². The van der Waals surface area contributed by atoms with Crippen molar-refractivity contribution < 1.29 is 9.90 Å². The van der Waals surface area contributed by atoms with Crippen molar-refractivity contribution in [1.82, 2.24) is 0 Å². The van der Waals surface area contributed by atoms with Crippen LogP contribution in [0, 0.1) is 0 Å². The van der Waals surface area contributed by atoms with Crippen molar-refractivity contribution in [3.63, 3.8) is 0 Å². The van der Waals surface area contributed by atoms with Crippen LogP contribution in [0.5, 0.6) is 0 Å². The second kappa shape index (κ2) is 5.39. The second-order valence-corrected chi connectivity index (χ2v) is 6.12. The Bertz CT molecular complexity index is 684. The smallest absolute Gasteiger partial charge is 0.255 e. The molecule has 0 bridgehead atoms. The van der Waals surface area contributed by atoms with Crippen LogP contribution in [0.15, 0.2) is 66.7 Å². The van der Waals surface area contributed by atoms with Crippen molar-refractivity contribution in [1.29, 1.82) is 0 Å². The first-order chi connectivity index (χ1) is 10.1. The zero-order valence-corrected chi connectivity index (χ0v) is 12.1. The van der Waals surface area contributed by atoms with E-state index >= 15 is 0 Å². The average molecular weight is 297 g/mol. The monoisotopic (exact) mass is 297 g/mol. The first-order valence-corrected chi connectivity index (χ1v) is 7.51. The Kier molecular flexibility index (Phi) is 3.57. The van der Waals surface area contributed by atoms with Gasteiger partial charge in [-0.05, 0) is 17.2 Å². The van der Waals surface area contributed by atoms with E-state index in [1.165, 1.54) is 11.8 Å². The van der Waals surface area contributed by atoms with E-state index in [4.69, 9.17) is 5.73 Å². The molecule has 2 unspecified atom stereocenters. The van der Waals surface area contributed by atoms with Crippen LogP contribution in [0.4, 0.5) is 0 Å². The van der Waals surface area contributed by atoms with Crippen LogP contribution in [0.25, 0.3) is 4.91 Å². The number of thioether (sulfide) groups is 1. The minimum Gasteiger partial charge on any atom is -0.375 e. The Balaban J connectivity index is 2.03. The fraction of sp³-hybridized carbons (Fsp3) is 0.118. The van der Waals surface area contributed by atoms with Crippen LogP contribution < -0.4 is 5.73 Å². The summed E-state index contributed by atoms with van der Waals surface area (Å²) in [6.45, 7) is 0. The predicted octanol–water partition coefficient (Wildman–Crippen LogP) is 2.73. The van der Waals surface area contributed by atoms with E-state index < -0.39 is 16.8 Å². The molecular weight excluding hydrogens is 282 g/mol. The minimum absolute atomic E-state index is 0.425. The molecule has 1 amide bonds. The van der Waals surface area contributed by atoms with Crippen LogP contribution in [-0.4, -0.2) is 16.6 Å². The van der Waals surface area contributed by atoms with Gasteiger partial charge < -0.3 is 10.8 Å². The van der Waals surface area contributed by atoms with Crippen molar-refractivity contribution in [3.05, 3.63) is 77.9 Å². The van der Waals surface area contributed by atoms with Crippen LogP contribution in [0.3, 0.4) is 0 Å². The summed E-state index contributed by atoms with van der Waals surface area (Å²) in [4.78, 5) is 12.7. The third kappa shape index (κ3) is 2.48. The number of benzene rings is 2. The summed E-state index contributed by atoms with van der Waals surface area (Å²) in [5, 5.41) is 10.3. The van der Waals surface area contributed by atoms with Crippen LogP contribution in [0.1, 0.15) is 16.4 Å². The molecule has 2 aromatic rings. The number of rotatable bonds is 3. The highest BCUT2D eigenvalue weighted by Gasteiger charge is 2.47. The Morgan fingerprint density at radius 3 is 2.19 bits per heavy atom. The van der Waals surface area contributed by atoms with Crippen molar-refractivity contribution in [2.45, 2.75) is 10.9 Å². The van der Waals surface area contributed by atoms with Gasteiger partial charge >= 0.3 is 0 Å². The second-order valence-electron chi connectivity index (χ2n) is 4.97. The molecule has 21 heavy (non-hydrogen) atoms. The molecule has 3 rings (SSSR count). The van der Waals surface area contributed by atoms with Crippen LogP contribution in [0.2, 0.25) is 0 Å². The molecule has 2 atom stereocenters. The fourth-order valence-electron chi connectivity index (χ4n) is 2.43. The van der Waals surface area contributed by atoms with Gasteiger partial charge in [-0.15, -0.1) is 11.8 Å². The predicted molar refractivity (Wildman–Crippen MR) is 85.3 cm³/mol. The van der Waals surface area contributed by atoms with E-state index in [1.54, 1.807) is 6.08 Å². The number of hydrogen-bond donors (Lipinski definition) is 2. The lowest BCUT2D eigenvalue weighted by molar-refractivity contribution is -0.131. The summed E-state index contributed by atoms with van der Waals surface area (Å²) in [7, 11) is 0. The molecule has 0 fully saturated rings. The summed E-state index contributed by atoms with van der Waals surface area (Å²) < 4.78 is 0. The topological polar surface area (TPSA) is 63.3 Å². The third-order valence-corrected chi connectivity index (χ3v) is 5.03. The van der Waals surface area contributed by atoms with Crippen molar-refractivity contribution >= 4 is 22.6 Å². The molecule has 3 nitrogen and oxygen atoms in total. The molecule has 0 aromatic heterocycles. The summed E-state index contributed by atoms with van der Waals surface area (Å²) in [6, 6.07) is 19.2. The highest BCUT2D eigenvalue weighted by molar-refractivity contribution is 8.09. The molecule has 106 valence electrons. The van der Waals surface area contributed by atoms with Gasteiger partial charge in [-0.1, -0.05) is 60.7 Å². The van der Waals surface area contributed by atoms with Gasteiger partial charge in [0.05, 0.1) is 5.25 Å². The quantitative estimate of drug-likeness (QED) is 0.915. The molecule has 0 saturated heterocycles. The lowest BCUT2D eigenvalue weighted by Crippen LogP contribution is -2.44. The third-order valence-electron chi connectivity index (χ3n) is 3.55. The maximum atomic E-state index is 11.8. The fourth-order valence-corrected chi connectivity index (χ4v) is 3.86. The summed E-state index contributed by atoms with van der Waals surface area (Å²) in [5.41, 5.74) is 5.64. The molecule has 4 heteroatoms. The summed E-state index contributed by atoms with van der Waals surface area (Å²) in [6.07, 6.45) is 1.58. The number of hydrogen-bond acceptors (Lipinski definition) is 3. The zero-order chi connectivity index (χ0) is 14.9. The van der Waals surface area contributed by atoms with Gasteiger partial charge in [-0.2, -0.15) is 0 Å². The van der Waals surface area contributed by atoms with Crippen molar-refractivity contribution in [3.8, 4) is 0 Å². The van der Waals surface area contributed by atoms with E-state index in [0.717, 1.165) is 16.0 Å². The minimum atomic E-state index is -1.67. The number of nitrogens with two attached hydrogens (primary N) is 1. The number of amides is 1. The number of carbonyl (C=O) groups is 1. The van der Waals surface area contributed by atoms with Gasteiger partial charge in [0.15, 0.2) is 5.60 Å². The average Bonchev–Trinajstić information content (AvgIpc) is 2.88. The van der Waals surface area contributed by atoms with Gasteiger partial charge in [-0.25, -0.2) is 0 Å². The van der Waals surface area contributed by atoms with E-state index in [-0.39, 0.29) is 0 Å². The molecular formula is C17H15NO2S. The normalized spacial score (nSPS) is 24.6. The highest BCUT2D eigenvalue weighted by Crippen LogP contribution is 2.53. The van der Waals surface area contributed by atoms with E-state index in [9.17, 15) is 9.90 Å². The maximum Gasteiger partial charge on any atom is 0.255 e. The molecule has 1 aliphatic heterocycles. The van der Waals surface area contributed by atoms with Gasteiger partial charge in [0.1, 0.15) is 0 Å². The van der Waals surface area contributed by atoms with Gasteiger partial charge in [-0.3, -0.25) is 4.79 Å². The Labute approximate surface area is 127 Å². The number of aliphatic hydroxyl groups is 1. The van der Waals surface area contributed by atoms with Crippen molar-refractivity contribution in [2.24, 2.45) is 5.73 Å². The van der Waals surface area contributed by atoms with Gasteiger partial charge in [0, 0.05) is 4.91 Å². The maximum absolute atomic E-state index is 11.8. The Morgan fingerprint density at radius 1 is 1.05 bits per heavy atom.